The van der Waals surface area contributed by atoms with E-state index in [0.29, 0.717) is 6.04 Å². The van der Waals surface area contributed by atoms with E-state index < -0.39 is 0 Å². The average molecular weight is 193 g/mol. The van der Waals surface area contributed by atoms with E-state index >= 15 is 0 Å². The van der Waals surface area contributed by atoms with Gasteiger partial charge < -0.3 is 5.73 Å². The first kappa shape index (κ1) is 9.10. The van der Waals surface area contributed by atoms with E-state index in [4.69, 9.17) is 5.73 Å². The van der Waals surface area contributed by atoms with Gasteiger partial charge in [0.15, 0.2) is 0 Å². The van der Waals surface area contributed by atoms with Crippen molar-refractivity contribution in [2.45, 2.75) is 30.2 Å². The molecule has 1 aromatic carbocycles. The minimum absolute atomic E-state index is 0.382. The lowest BCUT2D eigenvalue weighted by Gasteiger charge is -2.21. The van der Waals surface area contributed by atoms with Gasteiger partial charge in [-0.05, 0) is 48.8 Å². The molecule has 0 heterocycles. The Morgan fingerprint density at radius 1 is 1.38 bits per heavy atom. The predicted octanol–water partition coefficient (Wildman–Crippen LogP) is 2.22. The largest absolute Gasteiger partial charge is 0.327 e. The fourth-order valence-electron chi connectivity index (χ4n) is 1.89. The van der Waals surface area contributed by atoms with Crippen LogP contribution in [0.15, 0.2) is 23.1 Å². The molecule has 0 saturated carbocycles. The topological polar surface area (TPSA) is 26.0 Å². The maximum absolute atomic E-state index is 5.91. The first-order chi connectivity index (χ1) is 6.29. The third kappa shape index (κ3) is 1.89. The fourth-order valence-corrected chi connectivity index (χ4v) is 2.35. The highest BCUT2D eigenvalue weighted by Gasteiger charge is 2.14. The van der Waals surface area contributed by atoms with E-state index in [1.165, 1.54) is 16.0 Å². The monoisotopic (exact) mass is 193 g/mol. The van der Waals surface area contributed by atoms with Crippen LogP contribution in [-0.4, -0.2) is 12.3 Å². The quantitative estimate of drug-likeness (QED) is 0.692. The first-order valence-electron chi connectivity index (χ1n) is 4.71. The van der Waals surface area contributed by atoms with Gasteiger partial charge in [-0.2, -0.15) is 0 Å². The molecule has 1 nitrogen and oxygen atoms in total. The van der Waals surface area contributed by atoms with Gasteiger partial charge >= 0.3 is 0 Å². The van der Waals surface area contributed by atoms with E-state index in [0.717, 1.165) is 19.3 Å². The van der Waals surface area contributed by atoms with Crippen molar-refractivity contribution in [1.29, 1.82) is 0 Å². The first-order valence-corrected chi connectivity index (χ1v) is 5.93. The van der Waals surface area contributed by atoms with E-state index in [9.17, 15) is 0 Å². The molecule has 0 radical (unpaired) electrons. The van der Waals surface area contributed by atoms with Crippen LogP contribution < -0.4 is 5.73 Å². The van der Waals surface area contributed by atoms with Crippen LogP contribution in [0.2, 0.25) is 0 Å². The Bertz CT molecular complexity index is 309. The molecule has 0 spiro atoms. The maximum atomic E-state index is 5.91. The van der Waals surface area contributed by atoms with Crippen molar-refractivity contribution < 1.29 is 0 Å². The summed E-state index contributed by atoms with van der Waals surface area (Å²) in [4.78, 5) is 1.37. The minimum Gasteiger partial charge on any atom is -0.327 e. The summed E-state index contributed by atoms with van der Waals surface area (Å²) in [6.45, 7) is 0. The fraction of sp³-hybridized carbons (Fsp3) is 0.455. The number of benzene rings is 1. The molecule has 0 aliphatic heterocycles. The molecular weight excluding hydrogens is 178 g/mol. The Labute approximate surface area is 83.7 Å². The molecule has 2 N–H and O–H groups in total. The summed E-state index contributed by atoms with van der Waals surface area (Å²) in [7, 11) is 0. The van der Waals surface area contributed by atoms with Crippen molar-refractivity contribution in [1.82, 2.24) is 0 Å². The number of nitrogens with two attached hydrogens (primary N) is 1. The van der Waals surface area contributed by atoms with Gasteiger partial charge in [0.2, 0.25) is 0 Å². The smallest absolute Gasteiger partial charge is 0.00825 e. The van der Waals surface area contributed by atoms with Gasteiger partial charge in [-0.25, -0.2) is 0 Å². The van der Waals surface area contributed by atoms with Crippen LogP contribution in [-0.2, 0) is 12.8 Å². The molecule has 70 valence electrons. The summed E-state index contributed by atoms with van der Waals surface area (Å²) in [5.41, 5.74) is 8.88. The number of hydrogen-bond donors (Lipinski definition) is 1. The van der Waals surface area contributed by atoms with Crippen molar-refractivity contribution in [3.63, 3.8) is 0 Å². The molecule has 1 atom stereocenters. The summed E-state index contributed by atoms with van der Waals surface area (Å²) < 4.78 is 0. The standard InChI is InChI=1S/C11H15NS/c1-13-11-5-3-8-6-10(12)4-2-9(8)7-11/h3,5,7,10H,2,4,6,12H2,1H3/t10-/m1/s1. The second kappa shape index (κ2) is 3.72. The lowest BCUT2D eigenvalue weighted by Crippen LogP contribution is -2.27. The number of rotatable bonds is 1. The van der Waals surface area contributed by atoms with Crippen LogP contribution in [0.25, 0.3) is 0 Å². The van der Waals surface area contributed by atoms with Crippen LogP contribution in [0.1, 0.15) is 17.5 Å². The lowest BCUT2D eigenvalue weighted by atomic mass is 9.89. The molecule has 13 heavy (non-hydrogen) atoms. The molecule has 0 fully saturated rings. The Morgan fingerprint density at radius 3 is 3.00 bits per heavy atom. The molecule has 1 aromatic rings. The Hall–Kier alpha value is -0.470. The molecule has 2 heteroatoms. The van der Waals surface area contributed by atoms with Crippen molar-refractivity contribution in [3.8, 4) is 0 Å². The van der Waals surface area contributed by atoms with Crippen molar-refractivity contribution in [3.05, 3.63) is 29.3 Å². The van der Waals surface area contributed by atoms with Crippen LogP contribution in [0.4, 0.5) is 0 Å². The Balaban J connectivity index is 2.31. The van der Waals surface area contributed by atoms with Crippen LogP contribution >= 0.6 is 11.8 Å². The number of hydrogen-bond acceptors (Lipinski definition) is 2. The molecule has 2 rings (SSSR count). The summed E-state index contributed by atoms with van der Waals surface area (Å²) >= 11 is 1.81. The highest BCUT2D eigenvalue weighted by atomic mass is 32.2. The molecule has 0 bridgehead atoms. The molecule has 1 aliphatic rings. The zero-order valence-corrected chi connectivity index (χ0v) is 8.73. The number of aryl methyl sites for hydroxylation is 1. The Kier molecular flexibility index (Phi) is 2.61. The zero-order chi connectivity index (χ0) is 9.26. The van der Waals surface area contributed by atoms with Gasteiger partial charge in [-0.1, -0.05) is 6.07 Å². The second-order valence-corrected chi connectivity index (χ2v) is 4.52. The van der Waals surface area contributed by atoms with Crippen molar-refractivity contribution in [2.75, 3.05) is 6.26 Å². The van der Waals surface area contributed by atoms with E-state index in [-0.39, 0.29) is 0 Å². The van der Waals surface area contributed by atoms with Crippen LogP contribution in [0.3, 0.4) is 0 Å². The second-order valence-electron chi connectivity index (χ2n) is 3.64. The Morgan fingerprint density at radius 2 is 2.23 bits per heavy atom. The van der Waals surface area contributed by atoms with Gasteiger partial charge in [0.25, 0.3) is 0 Å². The van der Waals surface area contributed by atoms with Gasteiger partial charge in [0.05, 0.1) is 0 Å². The van der Waals surface area contributed by atoms with Crippen molar-refractivity contribution in [2.24, 2.45) is 5.73 Å². The zero-order valence-electron chi connectivity index (χ0n) is 7.92. The van der Waals surface area contributed by atoms with Crippen LogP contribution in [0.5, 0.6) is 0 Å². The molecule has 1 aliphatic carbocycles. The van der Waals surface area contributed by atoms with Gasteiger partial charge in [-0.15, -0.1) is 11.8 Å². The van der Waals surface area contributed by atoms with Crippen molar-refractivity contribution >= 4 is 11.8 Å². The highest BCUT2D eigenvalue weighted by Crippen LogP contribution is 2.25. The summed E-state index contributed by atoms with van der Waals surface area (Å²) in [5, 5.41) is 0. The maximum Gasteiger partial charge on any atom is 0.00825 e. The predicted molar refractivity (Wildman–Crippen MR) is 58.2 cm³/mol. The molecular formula is C11H15NS. The van der Waals surface area contributed by atoms with E-state index in [1.807, 2.05) is 11.8 Å². The number of fused-ring (bicyclic) bond motifs is 1. The molecule has 0 aromatic heterocycles. The lowest BCUT2D eigenvalue weighted by molar-refractivity contribution is 0.575. The summed E-state index contributed by atoms with van der Waals surface area (Å²) in [6.07, 6.45) is 5.48. The third-order valence-electron chi connectivity index (χ3n) is 2.68. The molecule has 0 amide bonds. The van der Waals surface area contributed by atoms with Crippen LogP contribution in [0, 0.1) is 0 Å². The normalized spacial score (nSPS) is 21.2. The molecule has 0 unspecified atom stereocenters. The summed E-state index contributed by atoms with van der Waals surface area (Å²) in [6, 6.07) is 7.13. The summed E-state index contributed by atoms with van der Waals surface area (Å²) in [5.74, 6) is 0. The highest BCUT2D eigenvalue weighted by molar-refractivity contribution is 7.98. The van der Waals surface area contributed by atoms with E-state index in [2.05, 4.69) is 24.5 Å². The third-order valence-corrected chi connectivity index (χ3v) is 3.41. The van der Waals surface area contributed by atoms with Gasteiger partial charge in [0.1, 0.15) is 0 Å². The SMILES string of the molecule is CSc1ccc2c(c1)CC[C@@H](N)C2. The number of thioether (sulfide) groups is 1. The average Bonchev–Trinajstić information content (AvgIpc) is 2.17. The van der Waals surface area contributed by atoms with Gasteiger partial charge in [-0.3, -0.25) is 0 Å². The minimum atomic E-state index is 0.382. The van der Waals surface area contributed by atoms with Gasteiger partial charge in [0, 0.05) is 10.9 Å². The molecule has 0 saturated heterocycles. The van der Waals surface area contributed by atoms with E-state index in [1.54, 1.807) is 0 Å².